The average Bonchev–Trinajstić information content (AvgIpc) is 2.23. The summed E-state index contributed by atoms with van der Waals surface area (Å²) in [6, 6.07) is 0. The molecule has 0 aliphatic carbocycles. The highest BCUT2D eigenvalue weighted by molar-refractivity contribution is 5.79. The quantitative estimate of drug-likeness (QED) is 0.549. The molecule has 0 atom stereocenters. The van der Waals surface area contributed by atoms with Gasteiger partial charge in [0.2, 0.25) is 0 Å². The Balaban J connectivity index is 4.11. The SMILES string of the molecule is CC(C)CCC(=O)CC(CO)(CO)CO. The number of aliphatic hydroxyl groups is 3. The van der Waals surface area contributed by atoms with Crippen molar-refractivity contribution >= 4 is 5.78 Å². The van der Waals surface area contributed by atoms with Gasteiger partial charge in [-0.25, -0.2) is 0 Å². The van der Waals surface area contributed by atoms with Gasteiger partial charge in [-0.05, 0) is 12.3 Å². The third kappa shape index (κ3) is 5.25. The van der Waals surface area contributed by atoms with Crippen LogP contribution in [0.4, 0.5) is 0 Å². The minimum atomic E-state index is -1.05. The van der Waals surface area contributed by atoms with Crippen LogP contribution >= 0.6 is 0 Å². The first-order valence-electron chi connectivity index (χ1n) is 5.34. The number of carbonyl (C=O) groups is 1. The van der Waals surface area contributed by atoms with E-state index in [9.17, 15) is 4.79 Å². The average molecular weight is 218 g/mol. The molecule has 0 bridgehead atoms. The molecule has 4 nitrogen and oxygen atoms in total. The highest BCUT2D eigenvalue weighted by atomic mass is 16.3. The van der Waals surface area contributed by atoms with Crippen molar-refractivity contribution in [1.29, 1.82) is 0 Å². The fourth-order valence-corrected chi connectivity index (χ4v) is 1.27. The number of hydrogen-bond donors (Lipinski definition) is 3. The second-order valence-electron chi connectivity index (χ2n) is 4.62. The molecular formula is C11H22O4. The maximum absolute atomic E-state index is 11.5. The van der Waals surface area contributed by atoms with Crippen LogP contribution in [0.1, 0.15) is 33.1 Å². The zero-order valence-corrected chi connectivity index (χ0v) is 9.57. The summed E-state index contributed by atoms with van der Waals surface area (Å²) in [6.07, 6.45) is 1.29. The van der Waals surface area contributed by atoms with E-state index in [1.165, 1.54) is 0 Å². The Morgan fingerprint density at radius 3 is 1.93 bits per heavy atom. The molecule has 15 heavy (non-hydrogen) atoms. The Morgan fingerprint density at radius 1 is 1.13 bits per heavy atom. The maximum atomic E-state index is 11.5. The summed E-state index contributed by atoms with van der Waals surface area (Å²) in [5.41, 5.74) is -1.05. The summed E-state index contributed by atoms with van der Waals surface area (Å²) >= 11 is 0. The topological polar surface area (TPSA) is 77.8 Å². The van der Waals surface area contributed by atoms with Crippen molar-refractivity contribution in [1.82, 2.24) is 0 Å². The van der Waals surface area contributed by atoms with Crippen molar-refractivity contribution in [3.8, 4) is 0 Å². The first kappa shape index (κ1) is 14.6. The van der Waals surface area contributed by atoms with E-state index in [0.29, 0.717) is 12.3 Å². The van der Waals surface area contributed by atoms with Gasteiger partial charge in [0.25, 0.3) is 0 Å². The van der Waals surface area contributed by atoms with Crippen LogP contribution in [-0.2, 0) is 4.79 Å². The summed E-state index contributed by atoms with van der Waals surface area (Å²) in [7, 11) is 0. The molecule has 0 unspecified atom stereocenters. The van der Waals surface area contributed by atoms with Gasteiger partial charge in [0, 0.05) is 18.3 Å². The monoisotopic (exact) mass is 218 g/mol. The normalized spacial score (nSPS) is 12.1. The predicted octanol–water partition coefficient (Wildman–Crippen LogP) is 0.345. The van der Waals surface area contributed by atoms with Crippen LogP contribution in [0.3, 0.4) is 0 Å². The first-order chi connectivity index (χ1) is 6.99. The molecule has 0 aliphatic heterocycles. The first-order valence-corrected chi connectivity index (χ1v) is 5.34. The van der Waals surface area contributed by atoms with E-state index in [4.69, 9.17) is 15.3 Å². The largest absolute Gasteiger partial charge is 0.396 e. The molecule has 0 spiro atoms. The maximum Gasteiger partial charge on any atom is 0.133 e. The minimum Gasteiger partial charge on any atom is -0.396 e. The molecular weight excluding hydrogens is 196 g/mol. The van der Waals surface area contributed by atoms with Crippen molar-refractivity contribution in [3.63, 3.8) is 0 Å². The van der Waals surface area contributed by atoms with Crippen LogP contribution in [0.15, 0.2) is 0 Å². The standard InChI is InChI=1S/C11H22O4/c1-9(2)3-4-10(15)5-11(6-12,7-13)8-14/h9,12-14H,3-8H2,1-2H3. The second-order valence-corrected chi connectivity index (χ2v) is 4.62. The summed E-state index contributed by atoms with van der Waals surface area (Å²) in [6.45, 7) is 2.96. The molecule has 0 aliphatic rings. The van der Waals surface area contributed by atoms with E-state index in [1.54, 1.807) is 0 Å². The van der Waals surface area contributed by atoms with Crippen LogP contribution in [0.25, 0.3) is 0 Å². The molecule has 90 valence electrons. The predicted molar refractivity (Wildman–Crippen MR) is 57.4 cm³/mol. The number of carbonyl (C=O) groups excluding carboxylic acids is 1. The lowest BCUT2D eigenvalue weighted by molar-refractivity contribution is -0.124. The lowest BCUT2D eigenvalue weighted by atomic mass is 9.84. The van der Waals surface area contributed by atoms with Gasteiger partial charge in [0.05, 0.1) is 19.8 Å². The molecule has 0 fully saturated rings. The summed E-state index contributed by atoms with van der Waals surface area (Å²) in [5, 5.41) is 27.1. The third-order valence-corrected chi connectivity index (χ3v) is 2.58. The molecule has 0 rings (SSSR count). The summed E-state index contributed by atoms with van der Waals surface area (Å²) < 4.78 is 0. The van der Waals surface area contributed by atoms with E-state index < -0.39 is 5.41 Å². The lowest BCUT2D eigenvalue weighted by Crippen LogP contribution is -2.36. The zero-order valence-electron chi connectivity index (χ0n) is 9.57. The van der Waals surface area contributed by atoms with E-state index in [2.05, 4.69) is 0 Å². The molecule has 4 heteroatoms. The molecule has 0 saturated carbocycles. The molecule has 0 heterocycles. The summed E-state index contributed by atoms with van der Waals surface area (Å²) in [5.74, 6) is 0.446. The number of hydrogen-bond acceptors (Lipinski definition) is 4. The molecule has 0 radical (unpaired) electrons. The summed E-state index contributed by atoms with van der Waals surface area (Å²) in [4.78, 5) is 11.5. The Kier molecular flexibility index (Phi) is 6.72. The number of rotatable bonds is 8. The van der Waals surface area contributed by atoms with Gasteiger partial charge < -0.3 is 15.3 Å². The Hall–Kier alpha value is -0.450. The van der Waals surface area contributed by atoms with Gasteiger partial charge >= 0.3 is 0 Å². The molecule has 0 aromatic heterocycles. The fraction of sp³-hybridized carbons (Fsp3) is 0.909. The van der Waals surface area contributed by atoms with Gasteiger partial charge in [-0.3, -0.25) is 4.79 Å². The van der Waals surface area contributed by atoms with Gasteiger partial charge in [0.15, 0.2) is 0 Å². The van der Waals surface area contributed by atoms with Crippen molar-refractivity contribution < 1.29 is 20.1 Å². The van der Waals surface area contributed by atoms with Crippen molar-refractivity contribution in [3.05, 3.63) is 0 Å². The Morgan fingerprint density at radius 2 is 1.60 bits per heavy atom. The number of ketones is 1. The zero-order chi connectivity index (χ0) is 11.9. The van der Waals surface area contributed by atoms with E-state index in [-0.39, 0.29) is 32.0 Å². The van der Waals surface area contributed by atoms with Crippen LogP contribution in [0.2, 0.25) is 0 Å². The number of Topliss-reactive ketones (excluding diaryl/α,β-unsaturated/α-hetero) is 1. The third-order valence-electron chi connectivity index (χ3n) is 2.58. The fourth-order valence-electron chi connectivity index (χ4n) is 1.27. The van der Waals surface area contributed by atoms with Crippen molar-refractivity contribution in [2.24, 2.45) is 11.3 Å². The highest BCUT2D eigenvalue weighted by Gasteiger charge is 2.30. The Labute approximate surface area is 90.9 Å². The van der Waals surface area contributed by atoms with Crippen LogP contribution in [0, 0.1) is 11.3 Å². The van der Waals surface area contributed by atoms with Crippen molar-refractivity contribution in [2.45, 2.75) is 33.1 Å². The van der Waals surface area contributed by atoms with Gasteiger partial charge in [-0.15, -0.1) is 0 Å². The van der Waals surface area contributed by atoms with Gasteiger partial charge in [-0.2, -0.15) is 0 Å². The van der Waals surface area contributed by atoms with Gasteiger partial charge in [-0.1, -0.05) is 13.8 Å². The highest BCUT2D eigenvalue weighted by Crippen LogP contribution is 2.22. The smallest absolute Gasteiger partial charge is 0.133 e. The van der Waals surface area contributed by atoms with E-state index in [0.717, 1.165) is 6.42 Å². The van der Waals surface area contributed by atoms with Crippen LogP contribution in [0.5, 0.6) is 0 Å². The molecule has 0 amide bonds. The second kappa shape index (κ2) is 6.93. The molecule has 0 aromatic rings. The van der Waals surface area contributed by atoms with Crippen LogP contribution < -0.4 is 0 Å². The van der Waals surface area contributed by atoms with Gasteiger partial charge in [0.1, 0.15) is 5.78 Å². The number of aliphatic hydroxyl groups excluding tert-OH is 3. The van der Waals surface area contributed by atoms with E-state index in [1.807, 2.05) is 13.8 Å². The van der Waals surface area contributed by atoms with Crippen molar-refractivity contribution in [2.75, 3.05) is 19.8 Å². The molecule has 0 aromatic carbocycles. The Bertz CT molecular complexity index is 177. The van der Waals surface area contributed by atoms with E-state index >= 15 is 0 Å². The molecule has 3 N–H and O–H groups in total. The van der Waals surface area contributed by atoms with Crippen LogP contribution in [-0.4, -0.2) is 40.9 Å². The lowest BCUT2D eigenvalue weighted by Gasteiger charge is -2.26. The molecule has 0 saturated heterocycles. The minimum absolute atomic E-state index is 0.0131.